The summed E-state index contributed by atoms with van der Waals surface area (Å²) in [6.45, 7) is 4.89. The van der Waals surface area contributed by atoms with Crippen LogP contribution >= 0.6 is 0 Å². The van der Waals surface area contributed by atoms with E-state index in [2.05, 4.69) is 19.2 Å². The number of unbranched alkanes of at least 4 members (excludes halogenated alkanes) is 46. The molecule has 0 saturated heterocycles. The summed E-state index contributed by atoms with van der Waals surface area (Å²) >= 11 is 0. The molecule has 0 heterocycles. The minimum absolute atomic E-state index is 0.0113. The van der Waals surface area contributed by atoms with E-state index in [4.69, 9.17) is 4.74 Å². The van der Waals surface area contributed by atoms with Crippen molar-refractivity contribution in [2.75, 3.05) is 13.2 Å². The lowest BCUT2D eigenvalue weighted by Gasteiger charge is -2.20. The maximum Gasteiger partial charge on any atom is 0.305 e. The van der Waals surface area contributed by atoms with Crippen LogP contribution in [0.2, 0.25) is 0 Å². The van der Waals surface area contributed by atoms with Crippen LogP contribution in [0.1, 0.15) is 341 Å². The molecule has 0 aromatic rings. The Hall–Kier alpha value is -1.40. The van der Waals surface area contributed by atoms with Gasteiger partial charge in [-0.3, -0.25) is 9.59 Å². The van der Waals surface area contributed by atoms with Crippen LogP contribution in [0.4, 0.5) is 0 Å². The van der Waals surface area contributed by atoms with Gasteiger partial charge in [0, 0.05) is 12.8 Å². The Bertz CT molecular complexity index is 1000. The standard InChI is InChI=1S/C61H119NO5/c1-3-5-7-9-11-13-15-17-19-20-21-22-23-24-25-26-27-29-30-33-37-41-45-49-53-59(64)58(57-63)62-60(65)54-50-46-42-38-34-32-36-40-44-48-52-56-67-61(66)55-51-47-43-39-35-31-28-18-16-14-12-10-8-6-4-2/h49,53,58-59,63-64H,3-48,50-52,54-57H2,1-2H3,(H,62,65)/b53-49+. The highest BCUT2D eigenvalue weighted by Crippen LogP contribution is 2.18. The van der Waals surface area contributed by atoms with E-state index >= 15 is 0 Å². The third-order valence-electron chi connectivity index (χ3n) is 14.3. The summed E-state index contributed by atoms with van der Waals surface area (Å²) < 4.78 is 5.47. The van der Waals surface area contributed by atoms with Gasteiger partial charge in [-0.2, -0.15) is 0 Å². The molecule has 0 saturated carbocycles. The molecule has 398 valence electrons. The number of hydrogen-bond acceptors (Lipinski definition) is 5. The van der Waals surface area contributed by atoms with Crippen LogP contribution < -0.4 is 5.32 Å². The van der Waals surface area contributed by atoms with E-state index in [1.807, 2.05) is 6.08 Å². The molecule has 0 aliphatic carbocycles. The zero-order valence-electron chi connectivity index (χ0n) is 45.4. The summed E-state index contributed by atoms with van der Waals surface area (Å²) in [7, 11) is 0. The summed E-state index contributed by atoms with van der Waals surface area (Å²) in [6, 6.07) is -0.642. The van der Waals surface area contributed by atoms with Gasteiger partial charge in [-0.05, 0) is 32.1 Å². The Labute approximate surface area is 419 Å². The first-order chi connectivity index (χ1) is 33.0. The van der Waals surface area contributed by atoms with Crippen molar-refractivity contribution in [2.45, 2.75) is 353 Å². The van der Waals surface area contributed by atoms with E-state index in [0.29, 0.717) is 19.4 Å². The van der Waals surface area contributed by atoms with Crippen LogP contribution in [-0.4, -0.2) is 47.4 Å². The Kier molecular flexibility index (Phi) is 56.0. The topological polar surface area (TPSA) is 95.9 Å². The molecule has 0 aliphatic rings. The van der Waals surface area contributed by atoms with E-state index < -0.39 is 12.1 Å². The van der Waals surface area contributed by atoms with Gasteiger partial charge in [0.25, 0.3) is 0 Å². The smallest absolute Gasteiger partial charge is 0.305 e. The van der Waals surface area contributed by atoms with Gasteiger partial charge in [0.15, 0.2) is 0 Å². The number of hydrogen-bond donors (Lipinski definition) is 3. The molecule has 0 spiro atoms. The number of nitrogens with one attached hydrogen (secondary N) is 1. The fourth-order valence-electron chi connectivity index (χ4n) is 9.64. The average molecular weight is 947 g/mol. The van der Waals surface area contributed by atoms with Crippen molar-refractivity contribution < 1.29 is 24.5 Å². The summed E-state index contributed by atoms with van der Waals surface area (Å²) in [5.74, 6) is -0.0937. The van der Waals surface area contributed by atoms with E-state index in [0.717, 1.165) is 57.8 Å². The molecule has 0 aromatic carbocycles. The SMILES string of the molecule is CCCCCCCCCCCCCCCCCCCCCCCC/C=C/C(O)C(CO)NC(=O)CCCCCCCCCCCCCOC(=O)CCCCCCCCCCCCCCCCC. The highest BCUT2D eigenvalue weighted by molar-refractivity contribution is 5.76. The number of aliphatic hydroxyl groups excluding tert-OH is 2. The van der Waals surface area contributed by atoms with E-state index in [-0.39, 0.29) is 18.5 Å². The Morgan fingerprint density at radius 2 is 0.687 bits per heavy atom. The first kappa shape index (κ1) is 65.6. The van der Waals surface area contributed by atoms with Gasteiger partial charge < -0.3 is 20.3 Å². The molecular weight excluding hydrogens is 827 g/mol. The minimum Gasteiger partial charge on any atom is -0.466 e. The van der Waals surface area contributed by atoms with E-state index in [1.165, 1.54) is 257 Å². The fraction of sp³-hybridized carbons (Fsp3) is 0.934. The van der Waals surface area contributed by atoms with Gasteiger partial charge in [0.2, 0.25) is 5.91 Å². The van der Waals surface area contributed by atoms with Crippen LogP contribution in [0.15, 0.2) is 12.2 Å². The zero-order chi connectivity index (χ0) is 48.6. The number of esters is 1. The number of carbonyl (C=O) groups is 2. The molecule has 2 atom stereocenters. The van der Waals surface area contributed by atoms with Crippen LogP contribution in [-0.2, 0) is 14.3 Å². The van der Waals surface area contributed by atoms with Gasteiger partial charge in [-0.1, -0.05) is 309 Å². The summed E-state index contributed by atoms with van der Waals surface area (Å²) in [5.41, 5.74) is 0. The maximum absolute atomic E-state index is 12.5. The normalized spacial score (nSPS) is 12.6. The highest BCUT2D eigenvalue weighted by atomic mass is 16.5. The van der Waals surface area contributed by atoms with Crippen molar-refractivity contribution in [2.24, 2.45) is 0 Å². The second-order valence-corrected chi connectivity index (χ2v) is 21.0. The molecule has 0 aromatic heterocycles. The molecule has 67 heavy (non-hydrogen) atoms. The third-order valence-corrected chi connectivity index (χ3v) is 14.3. The number of rotatable bonds is 57. The summed E-state index contributed by atoms with van der Waals surface area (Å²) in [5, 5.41) is 23.2. The summed E-state index contributed by atoms with van der Waals surface area (Å²) in [6.07, 6.45) is 68.1. The zero-order valence-corrected chi connectivity index (χ0v) is 45.4. The van der Waals surface area contributed by atoms with Gasteiger partial charge in [-0.25, -0.2) is 0 Å². The quantitative estimate of drug-likeness (QED) is 0.0321. The third kappa shape index (κ3) is 53.8. The lowest BCUT2D eigenvalue weighted by atomic mass is 10.0. The molecule has 0 bridgehead atoms. The highest BCUT2D eigenvalue weighted by Gasteiger charge is 2.18. The number of amides is 1. The summed E-state index contributed by atoms with van der Waals surface area (Å²) in [4.78, 5) is 24.6. The molecule has 3 N–H and O–H groups in total. The molecule has 1 amide bonds. The predicted molar refractivity (Wildman–Crippen MR) is 292 cm³/mol. The molecule has 0 aliphatic heterocycles. The maximum atomic E-state index is 12.5. The van der Waals surface area contributed by atoms with Crippen LogP contribution in [0.5, 0.6) is 0 Å². The molecule has 0 rings (SSSR count). The van der Waals surface area contributed by atoms with Gasteiger partial charge in [0.1, 0.15) is 0 Å². The molecule has 6 heteroatoms. The molecule has 0 fully saturated rings. The largest absolute Gasteiger partial charge is 0.466 e. The van der Waals surface area contributed by atoms with Crippen molar-refractivity contribution in [1.29, 1.82) is 0 Å². The minimum atomic E-state index is -0.857. The molecular formula is C61H119NO5. The Morgan fingerprint density at radius 1 is 0.403 bits per heavy atom. The van der Waals surface area contributed by atoms with Crippen LogP contribution in [0, 0.1) is 0 Å². The van der Waals surface area contributed by atoms with Crippen molar-refractivity contribution in [3.05, 3.63) is 12.2 Å². The average Bonchev–Trinajstić information content (AvgIpc) is 3.33. The first-order valence-corrected chi connectivity index (χ1v) is 30.5. The van der Waals surface area contributed by atoms with Gasteiger partial charge in [0.05, 0.1) is 25.4 Å². The number of ether oxygens (including phenoxy) is 1. The number of carbonyl (C=O) groups excluding carboxylic acids is 2. The predicted octanol–water partition coefficient (Wildman–Crippen LogP) is 18.9. The Morgan fingerprint density at radius 3 is 1.01 bits per heavy atom. The van der Waals surface area contributed by atoms with Crippen molar-refractivity contribution >= 4 is 11.9 Å². The van der Waals surface area contributed by atoms with E-state index in [1.54, 1.807) is 6.08 Å². The van der Waals surface area contributed by atoms with Crippen molar-refractivity contribution in [1.82, 2.24) is 5.32 Å². The lowest BCUT2D eigenvalue weighted by Crippen LogP contribution is -2.45. The second-order valence-electron chi connectivity index (χ2n) is 21.0. The van der Waals surface area contributed by atoms with Gasteiger partial charge in [-0.15, -0.1) is 0 Å². The van der Waals surface area contributed by atoms with E-state index in [9.17, 15) is 19.8 Å². The van der Waals surface area contributed by atoms with Crippen molar-refractivity contribution in [3.63, 3.8) is 0 Å². The van der Waals surface area contributed by atoms with Crippen molar-refractivity contribution in [3.8, 4) is 0 Å². The van der Waals surface area contributed by atoms with Crippen LogP contribution in [0.3, 0.4) is 0 Å². The van der Waals surface area contributed by atoms with Gasteiger partial charge >= 0.3 is 5.97 Å². The number of allylic oxidation sites excluding steroid dienone is 1. The van der Waals surface area contributed by atoms with Crippen LogP contribution in [0.25, 0.3) is 0 Å². The monoisotopic (exact) mass is 946 g/mol. The molecule has 0 radical (unpaired) electrons. The first-order valence-electron chi connectivity index (χ1n) is 30.5. The Balaban J connectivity index is 3.47. The lowest BCUT2D eigenvalue weighted by molar-refractivity contribution is -0.143. The fourth-order valence-corrected chi connectivity index (χ4v) is 9.64. The second kappa shape index (κ2) is 57.2. The number of aliphatic hydroxyl groups is 2. The molecule has 2 unspecified atom stereocenters. The molecule has 6 nitrogen and oxygen atoms in total.